The van der Waals surface area contributed by atoms with Crippen LogP contribution >= 0.6 is 22.6 Å². The number of halogens is 10. The van der Waals surface area contributed by atoms with Crippen molar-refractivity contribution in [2.75, 3.05) is 0 Å². The van der Waals surface area contributed by atoms with Crippen LogP contribution < -0.4 is 0 Å². The second-order valence-corrected chi connectivity index (χ2v) is 3.63. The highest BCUT2D eigenvalue weighted by Gasteiger charge is 2.80. The van der Waals surface area contributed by atoms with Crippen LogP contribution in [0, 0.1) is 0 Å². The van der Waals surface area contributed by atoms with Gasteiger partial charge in [-0.15, -0.1) is 0 Å². The van der Waals surface area contributed by atoms with Crippen molar-refractivity contribution in [2.45, 2.75) is 22.0 Å². The predicted molar refractivity (Wildman–Crippen MR) is 34.9 cm³/mol. The van der Waals surface area contributed by atoms with Gasteiger partial charge in [-0.1, -0.05) is 0 Å². The zero-order valence-electron chi connectivity index (χ0n) is 5.78. The molecule has 0 aliphatic carbocycles. The Morgan fingerprint density at radius 1 is 0.571 bits per heavy atom. The SMILES string of the molecule is FC(F)(F)C(F)(F)[C@](F)(I)C(F)(F)F. The Morgan fingerprint density at radius 2 is 0.857 bits per heavy atom. The summed E-state index contributed by atoms with van der Waals surface area (Å²) < 4.78 is 99.1. The Kier molecular flexibility index (Phi) is 3.33. The fourth-order valence-corrected chi connectivity index (χ4v) is 0.662. The average Bonchev–Trinajstić information content (AvgIpc) is 1.81. The maximum atomic E-state index is 12.3. The first kappa shape index (κ1) is 14.1. The Hall–Kier alpha value is 0.1000. The van der Waals surface area contributed by atoms with Gasteiger partial charge in [0, 0.05) is 0 Å². The lowest BCUT2D eigenvalue weighted by Gasteiger charge is -2.31. The van der Waals surface area contributed by atoms with Crippen molar-refractivity contribution in [3.63, 3.8) is 0 Å². The Labute approximate surface area is 84.6 Å². The minimum absolute atomic E-state index is 0.611. The first-order valence-electron chi connectivity index (χ1n) is 2.64. The Morgan fingerprint density at radius 3 is 0.929 bits per heavy atom. The van der Waals surface area contributed by atoms with Gasteiger partial charge in [-0.25, -0.2) is 4.39 Å². The maximum Gasteiger partial charge on any atom is 0.458 e. The molecule has 0 aromatic carbocycles. The van der Waals surface area contributed by atoms with Crippen LogP contribution in [0.1, 0.15) is 0 Å². The lowest BCUT2D eigenvalue weighted by molar-refractivity contribution is -0.350. The van der Waals surface area contributed by atoms with Crippen LogP contribution in [0.2, 0.25) is 0 Å². The van der Waals surface area contributed by atoms with Crippen LogP contribution in [0.15, 0.2) is 0 Å². The summed E-state index contributed by atoms with van der Waals surface area (Å²) in [6.45, 7) is 0. The van der Waals surface area contributed by atoms with Gasteiger partial charge in [-0.05, 0) is 22.6 Å². The van der Waals surface area contributed by atoms with E-state index >= 15 is 0 Å². The molecule has 0 aromatic rings. The van der Waals surface area contributed by atoms with E-state index in [2.05, 4.69) is 0 Å². The van der Waals surface area contributed by atoms with Crippen molar-refractivity contribution in [1.82, 2.24) is 0 Å². The summed E-state index contributed by atoms with van der Waals surface area (Å²) in [5, 5.41) is 0. The van der Waals surface area contributed by atoms with Gasteiger partial charge in [0.1, 0.15) is 0 Å². The van der Waals surface area contributed by atoms with Gasteiger partial charge in [-0.3, -0.25) is 0 Å². The molecule has 0 saturated carbocycles. The zero-order chi connectivity index (χ0) is 12.0. The van der Waals surface area contributed by atoms with Gasteiger partial charge in [0.25, 0.3) is 0 Å². The third-order valence-corrected chi connectivity index (χ3v) is 2.40. The molecule has 0 nitrogen and oxygen atoms in total. The Bertz CT molecular complexity index is 186. The minimum atomic E-state index is -6.60. The first-order valence-corrected chi connectivity index (χ1v) is 3.72. The molecule has 0 saturated heterocycles. The molecule has 1 atom stereocenters. The normalized spacial score (nSPS) is 19.3. The van der Waals surface area contributed by atoms with E-state index in [4.69, 9.17) is 0 Å². The molecule has 0 unspecified atom stereocenters. The molecule has 0 aliphatic rings. The molecule has 0 N–H and O–H groups in total. The highest BCUT2D eigenvalue weighted by molar-refractivity contribution is 14.1. The van der Waals surface area contributed by atoms with Crippen LogP contribution in [0.4, 0.5) is 39.5 Å². The molecule has 0 radical (unpaired) electrons. The highest BCUT2D eigenvalue weighted by atomic mass is 127. The summed E-state index contributed by atoms with van der Waals surface area (Å²) in [5.74, 6) is -6.49. The van der Waals surface area contributed by atoms with Gasteiger partial charge in [-0.2, -0.15) is 35.1 Å². The average molecular weight is 346 g/mol. The summed E-state index contributed by atoms with van der Waals surface area (Å²) in [6.07, 6.45) is -12.9. The molecule has 0 amide bonds. The van der Waals surface area contributed by atoms with E-state index in [1.165, 1.54) is 0 Å². The van der Waals surface area contributed by atoms with Crippen LogP contribution in [0.3, 0.4) is 0 Å². The van der Waals surface area contributed by atoms with Gasteiger partial charge in [0.05, 0.1) is 0 Å². The molecular formula is C4F9I. The summed E-state index contributed by atoms with van der Waals surface area (Å²) in [7, 11) is 0. The molecule has 0 spiro atoms. The summed E-state index contributed by atoms with van der Waals surface area (Å²) in [5.41, 5.74) is 0. The topological polar surface area (TPSA) is 0 Å². The van der Waals surface area contributed by atoms with E-state index < -0.39 is 44.5 Å². The van der Waals surface area contributed by atoms with Crippen LogP contribution in [0.5, 0.6) is 0 Å². The standard InChI is InChI=1S/C4F9I/c5-1(6,3(8,9)10)2(7,14)4(11,12)13/t2-/m0/s1. The van der Waals surface area contributed by atoms with E-state index in [9.17, 15) is 39.5 Å². The molecule has 0 rings (SSSR count). The summed E-state index contributed by atoms with van der Waals surface area (Å²) >= 11 is -0.611. The van der Waals surface area contributed by atoms with Crippen LogP contribution in [-0.4, -0.2) is 22.0 Å². The van der Waals surface area contributed by atoms with Crippen molar-refractivity contribution < 1.29 is 39.5 Å². The quantitative estimate of drug-likeness (QED) is 0.385. The molecular weight excluding hydrogens is 346 g/mol. The molecule has 0 aromatic heterocycles. The van der Waals surface area contributed by atoms with Crippen molar-refractivity contribution in [3.05, 3.63) is 0 Å². The second kappa shape index (κ2) is 3.30. The largest absolute Gasteiger partial charge is 0.458 e. The van der Waals surface area contributed by atoms with Gasteiger partial charge in [0.2, 0.25) is 0 Å². The summed E-state index contributed by atoms with van der Waals surface area (Å²) in [6, 6.07) is 0. The van der Waals surface area contributed by atoms with Crippen molar-refractivity contribution in [3.8, 4) is 0 Å². The lowest BCUT2D eigenvalue weighted by atomic mass is 10.2. The Balaban J connectivity index is 5.30. The molecule has 0 bridgehead atoms. The minimum Gasteiger partial charge on any atom is -0.215 e. The van der Waals surface area contributed by atoms with Crippen LogP contribution in [0.25, 0.3) is 0 Å². The number of rotatable bonds is 1. The molecule has 0 aliphatic heterocycles. The number of hydrogen-bond donors (Lipinski definition) is 0. The van der Waals surface area contributed by atoms with Gasteiger partial charge in [0.15, 0.2) is 0 Å². The van der Waals surface area contributed by atoms with Gasteiger partial charge < -0.3 is 0 Å². The molecule has 86 valence electrons. The zero-order valence-corrected chi connectivity index (χ0v) is 7.94. The second-order valence-electron chi connectivity index (χ2n) is 2.14. The summed E-state index contributed by atoms with van der Waals surface area (Å²) in [4.78, 5) is 0. The lowest BCUT2D eigenvalue weighted by Crippen LogP contribution is -2.58. The maximum absolute atomic E-state index is 12.3. The van der Waals surface area contributed by atoms with E-state index in [1.807, 2.05) is 0 Å². The van der Waals surface area contributed by atoms with Crippen molar-refractivity contribution in [1.29, 1.82) is 0 Å². The van der Waals surface area contributed by atoms with Gasteiger partial charge >= 0.3 is 22.0 Å². The third kappa shape index (κ3) is 2.03. The smallest absolute Gasteiger partial charge is 0.215 e. The fraction of sp³-hybridized carbons (Fsp3) is 1.00. The van der Waals surface area contributed by atoms with E-state index in [-0.39, 0.29) is 0 Å². The fourth-order valence-electron chi connectivity index (χ4n) is 0.356. The van der Waals surface area contributed by atoms with E-state index in [0.29, 0.717) is 0 Å². The first-order chi connectivity index (χ1) is 5.75. The monoisotopic (exact) mass is 346 g/mol. The molecule has 14 heavy (non-hydrogen) atoms. The molecule has 10 heteroatoms. The van der Waals surface area contributed by atoms with Crippen LogP contribution in [-0.2, 0) is 0 Å². The number of alkyl halides is 10. The predicted octanol–water partition coefficient (Wildman–Crippen LogP) is 3.85. The van der Waals surface area contributed by atoms with Crippen molar-refractivity contribution >= 4 is 22.6 Å². The molecule has 0 heterocycles. The number of hydrogen-bond acceptors (Lipinski definition) is 0. The third-order valence-electron chi connectivity index (χ3n) is 1.11. The van der Waals surface area contributed by atoms with Crippen molar-refractivity contribution in [2.24, 2.45) is 0 Å². The van der Waals surface area contributed by atoms with E-state index in [0.717, 1.165) is 0 Å². The molecule has 0 fully saturated rings. The van der Waals surface area contributed by atoms with E-state index in [1.54, 1.807) is 0 Å². The highest BCUT2D eigenvalue weighted by Crippen LogP contribution is 2.56.